The van der Waals surface area contributed by atoms with E-state index in [4.69, 9.17) is 14.2 Å². The zero-order valence-corrected chi connectivity index (χ0v) is 12.3. The number of fused-ring (bicyclic) bond motifs is 1. The van der Waals surface area contributed by atoms with Crippen molar-refractivity contribution in [2.45, 2.75) is 18.9 Å². The van der Waals surface area contributed by atoms with Gasteiger partial charge in [-0.1, -0.05) is 0 Å². The van der Waals surface area contributed by atoms with Crippen molar-refractivity contribution < 1.29 is 14.2 Å². The average molecular weight is 304 g/mol. The molecule has 0 radical (unpaired) electrons. The van der Waals surface area contributed by atoms with Crippen molar-refractivity contribution in [3.63, 3.8) is 0 Å². The van der Waals surface area contributed by atoms with Gasteiger partial charge >= 0.3 is 0 Å². The van der Waals surface area contributed by atoms with Crippen LogP contribution < -0.4 is 14.8 Å². The van der Waals surface area contributed by atoms with Crippen LogP contribution >= 0.6 is 11.3 Å². The quantitative estimate of drug-likeness (QED) is 0.940. The van der Waals surface area contributed by atoms with Crippen LogP contribution in [-0.2, 0) is 4.74 Å². The fraction of sp³-hybridized carbons (Fsp3) is 0.400. The van der Waals surface area contributed by atoms with Gasteiger partial charge in [-0.2, -0.15) is 0 Å². The van der Waals surface area contributed by atoms with Gasteiger partial charge < -0.3 is 19.5 Å². The Bertz CT molecular complexity index is 638. The van der Waals surface area contributed by atoms with Gasteiger partial charge in [0.2, 0.25) is 6.79 Å². The minimum Gasteiger partial charge on any atom is -0.454 e. The molecule has 2 aliphatic rings. The largest absolute Gasteiger partial charge is 0.454 e. The summed E-state index contributed by atoms with van der Waals surface area (Å²) in [4.78, 5) is 4.62. The molecule has 2 aliphatic heterocycles. The molecule has 21 heavy (non-hydrogen) atoms. The molecule has 0 bridgehead atoms. The van der Waals surface area contributed by atoms with Gasteiger partial charge in [-0.3, -0.25) is 0 Å². The summed E-state index contributed by atoms with van der Waals surface area (Å²) in [6.45, 7) is 2.00. The Morgan fingerprint density at radius 2 is 2.24 bits per heavy atom. The monoisotopic (exact) mass is 304 g/mol. The molecule has 0 unspecified atom stereocenters. The SMILES string of the molecule is c1cc2c(cc1-c1csc(NC[C@@H]3CCCO3)n1)OCO2. The molecule has 1 aromatic carbocycles. The van der Waals surface area contributed by atoms with Crippen LogP contribution in [-0.4, -0.2) is 31.0 Å². The molecule has 3 heterocycles. The van der Waals surface area contributed by atoms with E-state index in [-0.39, 0.29) is 0 Å². The second-order valence-corrected chi connectivity index (χ2v) is 5.98. The number of hydrogen-bond donors (Lipinski definition) is 1. The highest BCUT2D eigenvalue weighted by Crippen LogP contribution is 2.36. The average Bonchev–Trinajstić information content (AvgIpc) is 3.25. The number of rotatable bonds is 4. The molecule has 0 aliphatic carbocycles. The van der Waals surface area contributed by atoms with Crippen molar-refractivity contribution in [1.29, 1.82) is 0 Å². The predicted octanol–water partition coefficient (Wildman–Crippen LogP) is 3.13. The van der Waals surface area contributed by atoms with E-state index in [2.05, 4.69) is 15.7 Å². The van der Waals surface area contributed by atoms with Gasteiger partial charge in [-0.05, 0) is 31.0 Å². The Morgan fingerprint density at radius 3 is 3.14 bits per heavy atom. The lowest BCUT2D eigenvalue weighted by Crippen LogP contribution is -2.18. The van der Waals surface area contributed by atoms with Gasteiger partial charge in [0.05, 0.1) is 11.8 Å². The Morgan fingerprint density at radius 1 is 1.29 bits per heavy atom. The Balaban J connectivity index is 1.46. The molecular weight excluding hydrogens is 288 g/mol. The van der Waals surface area contributed by atoms with Crippen LogP contribution in [0.2, 0.25) is 0 Å². The summed E-state index contributed by atoms with van der Waals surface area (Å²) >= 11 is 1.61. The van der Waals surface area contributed by atoms with Crippen molar-refractivity contribution in [3.8, 4) is 22.8 Å². The van der Waals surface area contributed by atoms with Gasteiger partial charge in [-0.25, -0.2) is 4.98 Å². The van der Waals surface area contributed by atoms with Crippen molar-refractivity contribution in [2.24, 2.45) is 0 Å². The molecule has 1 N–H and O–H groups in total. The number of hydrogen-bond acceptors (Lipinski definition) is 6. The topological polar surface area (TPSA) is 52.6 Å². The predicted molar refractivity (Wildman–Crippen MR) is 81.1 cm³/mol. The Kier molecular flexibility index (Phi) is 3.40. The zero-order valence-electron chi connectivity index (χ0n) is 11.5. The highest BCUT2D eigenvalue weighted by Gasteiger charge is 2.17. The first-order chi connectivity index (χ1) is 10.4. The maximum absolute atomic E-state index is 5.60. The number of nitrogens with one attached hydrogen (secondary N) is 1. The van der Waals surface area contributed by atoms with E-state index in [1.54, 1.807) is 11.3 Å². The lowest BCUT2D eigenvalue weighted by molar-refractivity contribution is 0.120. The first kappa shape index (κ1) is 12.9. The van der Waals surface area contributed by atoms with Gasteiger partial charge in [0.15, 0.2) is 16.6 Å². The summed E-state index contributed by atoms with van der Waals surface area (Å²) in [6.07, 6.45) is 2.61. The van der Waals surface area contributed by atoms with Crippen LogP contribution in [0.1, 0.15) is 12.8 Å². The highest BCUT2D eigenvalue weighted by atomic mass is 32.1. The minimum absolute atomic E-state index is 0.296. The third-order valence-corrected chi connectivity index (χ3v) is 4.48. The van der Waals surface area contributed by atoms with E-state index >= 15 is 0 Å². The van der Waals surface area contributed by atoms with Crippen molar-refractivity contribution >= 4 is 16.5 Å². The zero-order chi connectivity index (χ0) is 14.1. The number of benzene rings is 1. The molecule has 5 nitrogen and oxygen atoms in total. The van der Waals surface area contributed by atoms with Crippen molar-refractivity contribution in [3.05, 3.63) is 23.6 Å². The van der Waals surface area contributed by atoms with E-state index in [9.17, 15) is 0 Å². The first-order valence-electron chi connectivity index (χ1n) is 7.09. The fourth-order valence-corrected chi connectivity index (χ4v) is 3.28. The van der Waals surface area contributed by atoms with E-state index in [1.807, 2.05) is 18.2 Å². The number of anilines is 1. The first-order valence-corrected chi connectivity index (χ1v) is 7.97. The summed E-state index contributed by atoms with van der Waals surface area (Å²) in [7, 11) is 0. The third kappa shape index (κ3) is 2.69. The second-order valence-electron chi connectivity index (χ2n) is 5.12. The molecule has 1 atom stereocenters. The third-order valence-electron chi connectivity index (χ3n) is 3.68. The van der Waals surface area contributed by atoms with E-state index in [1.165, 1.54) is 0 Å². The minimum atomic E-state index is 0.296. The Hall–Kier alpha value is -1.79. The van der Waals surface area contributed by atoms with Gasteiger partial charge in [0.1, 0.15) is 0 Å². The van der Waals surface area contributed by atoms with Gasteiger partial charge in [-0.15, -0.1) is 11.3 Å². The molecule has 1 fully saturated rings. The number of ether oxygens (including phenoxy) is 3. The number of aromatic nitrogens is 1. The van der Waals surface area contributed by atoms with Crippen LogP contribution in [0.4, 0.5) is 5.13 Å². The summed E-state index contributed by atoms with van der Waals surface area (Å²) in [5.74, 6) is 1.58. The van der Waals surface area contributed by atoms with E-state index in [0.717, 1.165) is 53.9 Å². The number of nitrogens with zero attached hydrogens (tertiary/aromatic N) is 1. The summed E-state index contributed by atoms with van der Waals surface area (Å²) in [6, 6.07) is 5.91. The molecule has 1 aromatic heterocycles. The van der Waals surface area contributed by atoms with Crippen molar-refractivity contribution in [1.82, 2.24) is 4.98 Å². The van der Waals surface area contributed by atoms with Crippen LogP contribution in [0.5, 0.6) is 11.5 Å². The lowest BCUT2D eigenvalue weighted by atomic mass is 10.1. The van der Waals surface area contributed by atoms with Crippen LogP contribution in [0.3, 0.4) is 0 Å². The molecule has 6 heteroatoms. The normalized spacial score (nSPS) is 19.9. The molecular formula is C15H16N2O3S. The van der Waals surface area contributed by atoms with E-state index < -0.39 is 0 Å². The summed E-state index contributed by atoms with van der Waals surface area (Å²) < 4.78 is 16.3. The summed E-state index contributed by atoms with van der Waals surface area (Å²) in [5.41, 5.74) is 1.99. The molecule has 0 saturated carbocycles. The van der Waals surface area contributed by atoms with Crippen LogP contribution in [0.25, 0.3) is 11.3 Å². The smallest absolute Gasteiger partial charge is 0.231 e. The Labute approximate surface area is 126 Å². The standard InChI is InChI=1S/C15H16N2O3S/c1-2-11(18-5-1)7-16-15-17-12(8-21-15)10-3-4-13-14(6-10)20-9-19-13/h3-4,6,8,11H,1-2,5,7,9H2,(H,16,17)/t11-/m0/s1. The number of thiazole rings is 1. The lowest BCUT2D eigenvalue weighted by Gasteiger charge is -2.09. The molecule has 110 valence electrons. The van der Waals surface area contributed by atoms with Crippen LogP contribution in [0, 0.1) is 0 Å². The van der Waals surface area contributed by atoms with Gasteiger partial charge in [0, 0.05) is 24.1 Å². The van der Waals surface area contributed by atoms with E-state index in [0.29, 0.717) is 12.9 Å². The van der Waals surface area contributed by atoms with Crippen molar-refractivity contribution in [2.75, 3.05) is 25.3 Å². The maximum atomic E-state index is 5.60. The molecule has 1 saturated heterocycles. The molecule has 0 spiro atoms. The molecule has 2 aromatic rings. The van der Waals surface area contributed by atoms with Crippen LogP contribution in [0.15, 0.2) is 23.6 Å². The maximum Gasteiger partial charge on any atom is 0.231 e. The molecule has 0 amide bonds. The highest BCUT2D eigenvalue weighted by molar-refractivity contribution is 7.14. The molecule has 4 rings (SSSR count). The van der Waals surface area contributed by atoms with Gasteiger partial charge in [0.25, 0.3) is 0 Å². The fourth-order valence-electron chi connectivity index (χ4n) is 2.55. The second kappa shape index (κ2) is 5.54. The summed E-state index contributed by atoms with van der Waals surface area (Å²) in [5, 5.41) is 6.34.